The van der Waals surface area contributed by atoms with E-state index < -0.39 is 0 Å². The third-order valence-corrected chi connectivity index (χ3v) is 6.83. The van der Waals surface area contributed by atoms with Crippen LogP contribution in [0.4, 0.5) is 5.95 Å². The van der Waals surface area contributed by atoms with Crippen LogP contribution in [0.3, 0.4) is 0 Å². The van der Waals surface area contributed by atoms with Gasteiger partial charge in [-0.3, -0.25) is 9.69 Å². The fraction of sp³-hybridized carbons (Fsp3) is 0.280. The molecule has 0 bridgehead atoms. The minimum Gasteiger partial charge on any atom is -0.462 e. The number of nitrogens with zero attached hydrogens (tertiary/aromatic N) is 5. The first-order valence-corrected chi connectivity index (χ1v) is 12.2. The summed E-state index contributed by atoms with van der Waals surface area (Å²) in [6, 6.07) is 15.3. The molecule has 0 atom stereocenters. The van der Waals surface area contributed by atoms with Gasteiger partial charge in [-0.25, -0.2) is 15.0 Å². The number of thiazole rings is 1. The first-order valence-electron chi connectivity index (χ1n) is 11.4. The van der Waals surface area contributed by atoms with Crippen LogP contribution in [0.2, 0.25) is 0 Å². The number of carbonyl (C=O) groups is 1. The maximum absolute atomic E-state index is 13.1. The van der Waals surface area contributed by atoms with Gasteiger partial charge in [-0.1, -0.05) is 30.3 Å². The Morgan fingerprint density at radius 3 is 2.53 bits per heavy atom. The van der Waals surface area contributed by atoms with E-state index in [4.69, 9.17) is 9.40 Å². The monoisotopic (exact) mass is 474 g/mol. The van der Waals surface area contributed by atoms with Crippen LogP contribution in [0.5, 0.6) is 0 Å². The largest absolute Gasteiger partial charge is 0.462 e. The Balaban J connectivity index is 1.15. The summed E-state index contributed by atoms with van der Waals surface area (Å²) in [5, 5.41) is 3.79. The summed E-state index contributed by atoms with van der Waals surface area (Å²) >= 11 is 1.36. The first kappa shape index (κ1) is 22.2. The summed E-state index contributed by atoms with van der Waals surface area (Å²) in [6.45, 7) is 5.30. The van der Waals surface area contributed by atoms with Crippen LogP contribution in [0.1, 0.15) is 16.1 Å². The van der Waals surface area contributed by atoms with Crippen molar-refractivity contribution in [3.05, 3.63) is 72.1 Å². The van der Waals surface area contributed by atoms with E-state index in [1.807, 2.05) is 48.5 Å². The molecule has 0 aliphatic carbocycles. The molecule has 0 spiro atoms. The molecule has 0 unspecified atom stereocenters. The lowest BCUT2D eigenvalue weighted by Crippen LogP contribution is -2.47. The van der Waals surface area contributed by atoms with Crippen LogP contribution in [-0.2, 0) is 0 Å². The lowest BCUT2D eigenvalue weighted by atomic mass is 10.1. The van der Waals surface area contributed by atoms with Crippen molar-refractivity contribution in [3.8, 4) is 22.0 Å². The van der Waals surface area contributed by atoms with E-state index in [-0.39, 0.29) is 5.91 Å². The molecule has 1 aliphatic rings. The number of nitrogens with one attached hydrogen (secondary N) is 1. The fourth-order valence-corrected chi connectivity index (χ4v) is 4.95. The Kier molecular flexibility index (Phi) is 6.92. The zero-order valence-corrected chi connectivity index (χ0v) is 19.6. The summed E-state index contributed by atoms with van der Waals surface area (Å²) in [5.41, 5.74) is 1.61. The zero-order valence-electron chi connectivity index (χ0n) is 18.8. The molecule has 34 heavy (non-hydrogen) atoms. The highest BCUT2D eigenvalue weighted by Crippen LogP contribution is 2.34. The van der Waals surface area contributed by atoms with Gasteiger partial charge in [0, 0.05) is 50.7 Å². The van der Waals surface area contributed by atoms with Gasteiger partial charge in [0.15, 0.2) is 10.8 Å². The van der Waals surface area contributed by atoms with Gasteiger partial charge >= 0.3 is 0 Å². The van der Waals surface area contributed by atoms with Gasteiger partial charge in [0.05, 0.1) is 12.0 Å². The number of hydrogen-bond donors (Lipinski definition) is 1. The van der Waals surface area contributed by atoms with Gasteiger partial charge in [-0.05, 0) is 31.2 Å². The van der Waals surface area contributed by atoms with Crippen LogP contribution in [0.25, 0.3) is 22.0 Å². The number of aromatic nitrogens is 3. The molecular formula is C25H26N6O2S. The molecule has 174 valence electrons. The molecule has 1 N–H and O–H groups in total. The molecule has 1 amide bonds. The Hall–Kier alpha value is -3.56. The number of furan rings is 1. The Morgan fingerprint density at radius 2 is 1.79 bits per heavy atom. The Morgan fingerprint density at radius 1 is 1.00 bits per heavy atom. The van der Waals surface area contributed by atoms with Crippen molar-refractivity contribution in [2.24, 2.45) is 0 Å². The maximum Gasteiger partial charge on any atom is 0.263 e. The van der Waals surface area contributed by atoms with E-state index in [9.17, 15) is 4.79 Å². The molecule has 8 nitrogen and oxygen atoms in total. The SMILES string of the molecule is O=C(NCCCN1CCN(c2ncccn2)CC1)c1sc(-c2ccco2)nc1-c1ccccc1. The van der Waals surface area contributed by atoms with Crippen molar-refractivity contribution in [2.75, 3.05) is 44.2 Å². The maximum atomic E-state index is 13.1. The number of benzene rings is 1. The average Bonchev–Trinajstić information content (AvgIpc) is 3.59. The second-order valence-corrected chi connectivity index (χ2v) is 9.03. The van der Waals surface area contributed by atoms with E-state index >= 15 is 0 Å². The van der Waals surface area contributed by atoms with Crippen LogP contribution in [0, 0.1) is 0 Å². The highest BCUT2D eigenvalue weighted by Gasteiger charge is 2.22. The molecule has 1 saturated heterocycles. The number of anilines is 1. The molecule has 1 fully saturated rings. The molecule has 3 aromatic heterocycles. The molecule has 4 heterocycles. The fourth-order valence-electron chi connectivity index (χ4n) is 3.98. The summed E-state index contributed by atoms with van der Waals surface area (Å²) in [6.07, 6.45) is 6.06. The van der Waals surface area contributed by atoms with Crippen molar-refractivity contribution in [1.29, 1.82) is 0 Å². The lowest BCUT2D eigenvalue weighted by molar-refractivity contribution is 0.0956. The van der Waals surface area contributed by atoms with Gasteiger partial charge in [0.25, 0.3) is 5.91 Å². The number of piperazine rings is 1. The zero-order chi connectivity index (χ0) is 23.2. The van der Waals surface area contributed by atoms with E-state index in [1.54, 1.807) is 18.7 Å². The summed E-state index contributed by atoms with van der Waals surface area (Å²) in [5.74, 6) is 1.36. The highest BCUT2D eigenvalue weighted by atomic mass is 32.1. The molecule has 4 aromatic rings. The molecule has 0 saturated carbocycles. The smallest absolute Gasteiger partial charge is 0.263 e. The van der Waals surface area contributed by atoms with Gasteiger partial charge < -0.3 is 14.6 Å². The number of hydrogen-bond acceptors (Lipinski definition) is 8. The summed E-state index contributed by atoms with van der Waals surface area (Å²) in [4.78, 5) is 31.7. The van der Waals surface area contributed by atoms with Crippen molar-refractivity contribution >= 4 is 23.2 Å². The normalized spacial score (nSPS) is 14.3. The number of rotatable bonds is 8. The Bertz CT molecular complexity index is 1190. The quantitative estimate of drug-likeness (QED) is 0.389. The average molecular weight is 475 g/mol. The molecule has 0 radical (unpaired) electrons. The van der Waals surface area contributed by atoms with Crippen LogP contribution >= 0.6 is 11.3 Å². The third-order valence-electron chi connectivity index (χ3n) is 5.76. The first-order chi connectivity index (χ1) is 16.8. The standard InChI is InChI=1S/C25H26N6O2S/c32-23(26-12-6-13-30-14-16-31(17-15-30)25-27-10-5-11-28-25)22-21(19-7-2-1-3-8-19)29-24(34-22)20-9-4-18-33-20/h1-5,7-11,18H,6,12-17H2,(H,26,32). The Labute approximate surface area is 202 Å². The van der Waals surface area contributed by atoms with Gasteiger partial charge in [-0.15, -0.1) is 11.3 Å². The predicted molar refractivity (Wildman–Crippen MR) is 133 cm³/mol. The van der Waals surface area contributed by atoms with Crippen molar-refractivity contribution in [1.82, 2.24) is 25.2 Å². The van der Waals surface area contributed by atoms with Crippen molar-refractivity contribution in [2.45, 2.75) is 6.42 Å². The predicted octanol–water partition coefficient (Wildman–Crippen LogP) is 3.80. The van der Waals surface area contributed by atoms with E-state index in [0.29, 0.717) is 27.9 Å². The highest BCUT2D eigenvalue weighted by molar-refractivity contribution is 7.17. The minimum atomic E-state index is -0.0970. The second kappa shape index (κ2) is 10.6. The van der Waals surface area contributed by atoms with Gasteiger partial charge in [-0.2, -0.15) is 0 Å². The molecule has 9 heteroatoms. The van der Waals surface area contributed by atoms with Gasteiger partial charge in [0.2, 0.25) is 5.95 Å². The van der Waals surface area contributed by atoms with Crippen LogP contribution in [-0.4, -0.2) is 65.0 Å². The van der Waals surface area contributed by atoms with Crippen molar-refractivity contribution in [3.63, 3.8) is 0 Å². The van der Waals surface area contributed by atoms with Crippen LogP contribution < -0.4 is 10.2 Å². The third kappa shape index (κ3) is 5.16. The van der Waals surface area contributed by atoms with E-state index in [2.05, 4.69) is 25.1 Å². The summed E-state index contributed by atoms with van der Waals surface area (Å²) < 4.78 is 5.50. The molecule has 1 aliphatic heterocycles. The van der Waals surface area contributed by atoms with E-state index in [0.717, 1.165) is 50.7 Å². The molecule has 1 aromatic carbocycles. The van der Waals surface area contributed by atoms with Gasteiger partial charge in [0.1, 0.15) is 4.88 Å². The number of amides is 1. The molecular weight excluding hydrogens is 448 g/mol. The number of carbonyl (C=O) groups excluding carboxylic acids is 1. The van der Waals surface area contributed by atoms with Crippen LogP contribution in [0.15, 0.2) is 71.6 Å². The molecule has 5 rings (SSSR count). The van der Waals surface area contributed by atoms with Crippen molar-refractivity contribution < 1.29 is 9.21 Å². The topological polar surface area (TPSA) is 87.4 Å². The second-order valence-electron chi connectivity index (χ2n) is 8.03. The lowest BCUT2D eigenvalue weighted by Gasteiger charge is -2.34. The summed E-state index contributed by atoms with van der Waals surface area (Å²) in [7, 11) is 0. The van der Waals surface area contributed by atoms with E-state index in [1.165, 1.54) is 11.3 Å². The minimum absolute atomic E-state index is 0.0970.